The predicted octanol–water partition coefficient (Wildman–Crippen LogP) is 1.39. The van der Waals surface area contributed by atoms with E-state index in [2.05, 4.69) is 15.3 Å². The number of carbonyl (C=O) groups is 2. The first-order chi connectivity index (χ1) is 12.7. The summed E-state index contributed by atoms with van der Waals surface area (Å²) in [4.78, 5) is 35.0. The van der Waals surface area contributed by atoms with E-state index in [-0.39, 0.29) is 24.2 Å². The number of carbonyl (C=O) groups excluding carboxylic acids is 2. The normalized spacial score (nSPS) is 17.0. The summed E-state index contributed by atoms with van der Waals surface area (Å²) in [6, 6.07) is 11.4. The van der Waals surface area contributed by atoms with Gasteiger partial charge in [0.2, 0.25) is 11.8 Å². The number of likely N-dealkylation sites (tertiary alicyclic amines) is 1. The van der Waals surface area contributed by atoms with Crippen molar-refractivity contribution in [3.63, 3.8) is 0 Å². The van der Waals surface area contributed by atoms with E-state index in [0.29, 0.717) is 19.6 Å². The van der Waals surface area contributed by atoms with Gasteiger partial charge in [0.15, 0.2) is 0 Å². The van der Waals surface area contributed by atoms with E-state index in [1.54, 1.807) is 11.1 Å². The first kappa shape index (κ1) is 16.3. The molecule has 1 aliphatic heterocycles. The zero-order chi connectivity index (χ0) is 17.9. The molecule has 3 aromatic rings. The summed E-state index contributed by atoms with van der Waals surface area (Å²) in [5, 5.41) is 2.90. The van der Waals surface area contributed by atoms with Crippen molar-refractivity contribution in [2.24, 2.45) is 5.92 Å². The molecule has 4 rings (SSSR count). The largest absolute Gasteiger partial charge is 0.350 e. The van der Waals surface area contributed by atoms with Gasteiger partial charge in [-0.15, -0.1) is 0 Å². The lowest BCUT2D eigenvalue weighted by Gasteiger charge is -2.15. The highest BCUT2D eigenvalue weighted by Gasteiger charge is 2.34. The van der Waals surface area contributed by atoms with Crippen LogP contribution < -0.4 is 5.32 Å². The number of nitrogens with one attached hydrogen (secondary N) is 1. The third-order valence-electron chi connectivity index (χ3n) is 4.52. The average Bonchev–Trinajstić information content (AvgIpc) is 3.24. The van der Waals surface area contributed by atoms with Crippen LogP contribution in [0.25, 0.3) is 5.65 Å². The number of imidazole rings is 1. The molecule has 7 nitrogen and oxygen atoms in total. The van der Waals surface area contributed by atoms with Gasteiger partial charge in [0.05, 0.1) is 30.4 Å². The van der Waals surface area contributed by atoms with E-state index in [4.69, 9.17) is 0 Å². The summed E-state index contributed by atoms with van der Waals surface area (Å²) in [6.45, 7) is 1.22. The quantitative estimate of drug-likeness (QED) is 0.755. The first-order valence-electron chi connectivity index (χ1n) is 8.57. The summed E-state index contributed by atoms with van der Waals surface area (Å²) in [6.07, 6.45) is 5.75. The molecule has 4 heterocycles. The summed E-state index contributed by atoms with van der Waals surface area (Å²) in [5.74, 6) is -0.453. The van der Waals surface area contributed by atoms with Crippen LogP contribution in [0, 0.1) is 5.92 Å². The first-order valence-corrected chi connectivity index (χ1v) is 8.57. The molecule has 0 bridgehead atoms. The summed E-state index contributed by atoms with van der Waals surface area (Å²) in [7, 11) is 0. The smallest absolute Gasteiger partial charge is 0.225 e. The standard InChI is InChI=1S/C19H19N5O2/c25-18-9-14(11-24(18)12-15-5-1-3-7-20-15)19(26)21-10-16-13-23-8-4-2-6-17(23)22-16/h1-8,13-14H,9-12H2,(H,21,26). The molecule has 3 aromatic heterocycles. The molecular weight excluding hydrogens is 330 g/mol. The molecule has 1 unspecified atom stereocenters. The Bertz CT molecular complexity index is 904. The number of hydrogen-bond donors (Lipinski definition) is 1. The fourth-order valence-corrected chi connectivity index (χ4v) is 3.18. The molecule has 0 aliphatic carbocycles. The SMILES string of the molecule is O=C(NCc1cn2ccccc2n1)C1CC(=O)N(Cc2ccccn2)C1. The number of pyridine rings is 2. The topological polar surface area (TPSA) is 79.6 Å². The van der Waals surface area contributed by atoms with Crippen LogP contribution in [0.4, 0.5) is 0 Å². The van der Waals surface area contributed by atoms with Gasteiger partial charge in [-0.25, -0.2) is 4.98 Å². The Morgan fingerprint density at radius 3 is 2.88 bits per heavy atom. The maximum Gasteiger partial charge on any atom is 0.225 e. The van der Waals surface area contributed by atoms with E-state index in [9.17, 15) is 9.59 Å². The van der Waals surface area contributed by atoms with Crippen molar-refractivity contribution in [2.45, 2.75) is 19.5 Å². The fraction of sp³-hybridized carbons (Fsp3) is 0.263. The van der Waals surface area contributed by atoms with Crippen LogP contribution in [0.2, 0.25) is 0 Å². The molecule has 1 fully saturated rings. The number of hydrogen-bond acceptors (Lipinski definition) is 4. The van der Waals surface area contributed by atoms with Crippen molar-refractivity contribution < 1.29 is 9.59 Å². The van der Waals surface area contributed by atoms with Crippen LogP contribution >= 0.6 is 0 Å². The molecule has 2 amide bonds. The maximum absolute atomic E-state index is 12.4. The maximum atomic E-state index is 12.4. The predicted molar refractivity (Wildman–Crippen MR) is 94.8 cm³/mol. The van der Waals surface area contributed by atoms with Crippen LogP contribution in [0.1, 0.15) is 17.8 Å². The number of nitrogens with zero attached hydrogens (tertiary/aromatic N) is 4. The third-order valence-corrected chi connectivity index (χ3v) is 4.52. The highest BCUT2D eigenvalue weighted by molar-refractivity contribution is 5.89. The third kappa shape index (κ3) is 3.42. The van der Waals surface area contributed by atoms with Gasteiger partial charge in [-0.1, -0.05) is 12.1 Å². The minimum atomic E-state index is -0.330. The summed E-state index contributed by atoms with van der Waals surface area (Å²) >= 11 is 0. The Kier molecular flexibility index (Phi) is 4.35. The molecule has 1 saturated heterocycles. The lowest BCUT2D eigenvalue weighted by atomic mass is 10.1. The van der Waals surface area contributed by atoms with Crippen LogP contribution in [0.3, 0.4) is 0 Å². The lowest BCUT2D eigenvalue weighted by molar-refractivity contribution is -0.129. The molecule has 7 heteroatoms. The van der Waals surface area contributed by atoms with E-state index in [1.165, 1.54) is 0 Å². The van der Waals surface area contributed by atoms with E-state index >= 15 is 0 Å². The van der Waals surface area contributed by atoms with Gasteiger partial charge in [-0.05, 0) is 24.3 Å². The van der Waals surface area contributed by atoms with Gasteiger partial charge in [0, 0.05) is 31.6 Å². The van der Waals surface area contributed by atoms with Gasteiger partial charge >= 0.3 is 0 Å². The van der Waals surface area contributed by atoms with Crippen LogP contribution in [-0.4, -0.2) is 37.6 Å². The fourth-order valence-electron chi connectivity index (χ4n) is 3.18. The minimum absolute atomic E-state index is 0.0106. The Balaban J connectivity index is 1.34. The molecule has 1 aliphatic rings. The Hall–Kier alpha value is -3.22. The number of aromatic nitrogens is 3. The van der Waals surface area contributed by atoms with Gasteiger partial charge in [0.1, 0.15) is 5.65 Å². The Labute approximate surface area is 150 Å². The van der Waals surface area contributed by atoms with Crippen LogP contribution in [0.5, 0.6) is 0 Å². The second-order valence-corrected chi connectivity index (χ2v) is 6.41. The second-order valence-electron chi connectivity index (χ2n) is 6.41. The van der Waals surface area contributed by atoms with E-state index < -0.39 is 0 Å². The highest BCUT2D eigenvalue weighted by Crippen LogP contribution is 2.20. The van der Waals surface area contributed by atoms with Crippen molar-refractivity contribution in [1.82, 2.24) is 24.6 Å². The zero-order valence-corrected chi connectivity index (χ0v) is 14.2. The Morgan fingerprint density at radius 1 is 1.19 bits per heavy atom. The van der Waals surface area contributed by atoms with Crippen LogP contribution in [-0.2, 0) is 22.7 Å². The van der Waals surface area contributed by atoms with Gasteiger partial charge in [-0.2, -0.15) is 0 Å². The number of fused-ring (bicyclic) bond motifs is 1. The Morgan fingerprint density at radius 2 is 2.08 bits per heavy atom. The van der Waals surface area contributed by atoms with Crippen molar-refractivity contribution in [3.05, 3.63) is 66.4 Å². The zero-order valence-electron chi connectivity index (χ0n) is 14.2. The monoisotopic (exact) mass is 349 g/mol. The van der Waals surface area contributed by atoms with Gasteiger partial charge in [-0.3, -0.25) is 14.6 Å². The second kappa shape index (κ2) is 6.95. The molecule has 1 N–H and O–H groups in total. The molecular formula is C19H19N5O2. The van der Waals surface area contributed by atoms with Crippen molar-refractivity contribution in [1.29, 1.82) is 0 Å². The highest BCUT2D eigenvalue weighted by atomic mass is 16.2. The number of rotatable bonds is 5. The minimum Gasteiger partial charge on any atom is -0.350 e. The molecule has 26 heavy (non-hydrogen) atoms. The van der Waals surface area contributed by atoms with Gasteiger partial charge < -0.3 is 14.6 Å². The molecule has 132 valence electrons. The average molecular weight is 349 g/mol. The van der Waals surface area contributed by atoms with Crippen molar-refractivity contribution in [3.8, 4) is 0 Å². The molecule has 0 aromatic carbocycles. The van der Waals surface area contributed by atoms with Crippen LogP contribution in [0.15, 0.2) is 55.0 Å². The molecule has 0 spiro atoms. The molecule has 0 radical (unpaired) electrons. The number of amides is 2. The van der Waals surface area contributed by atoms with E-state index in [1.807, 2.05) is 53.2 Å². The molecule has 0 saturated carbocycles. The van der Waals surface area contributed by atoms with Crippen molar-refractivity contribution >= 4 is 17.5 Å². The summed E-state index contributed by atoms with van der Waals surface area (Å²) < 4.78 is 1.91. The molecule has 1 atom stereocenters. The lowest BCUT2D eigenvalue weighted by Crippen LogP contribution is -2.32. The van der Waals surface area contributed by atoms with E-state index in [0.717, 1.165) is 17.0 Å². The van der Waals surface area contributed by atoms with Crippen molar-refractivity contribution in [2.75, 3.05) is 6.54 Å². The van der Waals surface area contributed by atoms with Gasteiger partial charge in [0.25, 0.3) is 0 Å². The summed E-state index contributed by atoms with van der Waals surface area (Å²) in [5.41, 5.74) is 2.46.